The Morgan fingerprint density at radius 1 is 1.03 bits per heavy atom. The fraction of sp³-hybridized carbons (Fsp3) is 0.185. The zero-order valence-corrected chi connectivity index (χ0v) is 21.6. The summed E-state index contributed by atoms with van der Waals surface area (Å²) in [4.78, 5) is 9.49. The van der Waals surface area contributed by atoms with Crippen LogP contribution in [-0.4, -0.2) is 31.9 Å². The van der Waals surface area contributed by atoms with Crippen LogP contribution >= 0.6 is 26.8 Å². The van der Waals surface area contributed by atoms with Crippen molar-refractivity contribution in [3.8, 4) is 11.3 Å². The van der Waals surface area contributed by atoms with Gasteiger partial charge in [0.15, 0.2) is 0 Å². The first kappa shape index (κ1) is 24.0. The van der Waals surface area contributed by atoms with Crippen molar-refractivity contribution in [2.45, 2.75) is 18.8 Å². The average Bonchev–Trinajstić information content (AvgIpc) is 2.85. The number of hydrogen-bond donors (Lipinski definition) is 3. The Morgan fingerprint density at radius 3 is 2.51 bits per heavy atom. The second kappa shape index (κ2) is 10.1. The van der Waals surface area contributed by atoms with E-state index in [9.17, 15) is 9.11 Å². The maximum Gasteiger partial charge on any atom is 0.227 e. The Balaban J connectivity index is 1.35. The molecule has 0 aliphatic heterocycles. The molecule has 0 bridgehead atoms. The van der Waals surface area contributed by atoms with Crippen molar-refractivity contribution in [1.82, 2.24) is 9.97 Å². The summed E-state index contributed by atoms with van der Waals surface area (Å²) in [6, 6.07) is 24.9. The summed E-state index contributed by atoms with van der Waals surface area (Å²) in [5.41, 5.74) is 7.73. The highest BCUT2D eigenvalue weighted by Gasteiger charge is 2.27. The highest BCUT2D eigenvalue weighted by Crippen LogP contribution is 2.42. The zero-order valence-electron chi connectivity index (χ0n) is 19.2. The van der Waals surface area contributed by atoms with Gasteiger partial charge in [0, 0.05) is 34.1 Å². The van der Waals surface area contributed by atoms with Crippen LogP contribution in [0.1, 0.15) is 28.2 Å². The Labute approximate surface area is 215 Å². The number of aromatic nitrogens is 2. The molecular formula is C27H26BrN3O3S. The van der Waals surface area contributed by atoms with E-state index in [1.54, 1.807) is 0 Å². The molecule has 1 atom stereocenters. The highest BCUT2D eigenvalue weighted by molar-refractivity contribution is 9.10. The molecule has 3 N–H and O–H groups in total. The highest BCUT2D eigenvalue weighted by atomic mass is 79.9. The van der Waals surface area contributed by atoms with Crippen LogP contribution in [0.5, 0.6) is 0 Å². The second-order valence-corrected chi connectivity index (χ2v) is 11.3. The summed E-state index contributed by atoms with van der Waals surface area (Å²) in [6.45, 7) is 0.250. The number of nitrogens with one attached hydrogen (secondary N) is 1. The van der Waals surface area contributed by atoms with Gasteiger partial charge in [-0.2, -0.15) is 0 Å². The largest absolute Gasteiger partial charge is 0.324 e. The van der Waals surface area contributed by atoms with Crippen LogP contribution in [0, 0.1) is 0 Å². The molecule has 1 aliphatic rings. The number of hydrogen-bond acceptors (Lipinski definition) is 6. The Hall–Kier alpha value is -2.75. The van der Waals surface area contributed by atoms with Crippen LogP contribution in [-0.2, 0) is 17.0 Å². The van der Waals surface area contributed by atoms with Gasteiger partial charge >= 0.3 is 0 Å². The molecule has 0 saturated carbocycles. The summed E-state index contributed by atoms with van der Waals surface area (Å²) in [5.74, 6) is 0.818. The molecule has 35 heavy (non-hydrogen) atoms. The Bertz CT molecular complexity index is 1330. The van der Waals surface area contributed by atoms with Crippen LogP contribution in [0.4, 0.5) is 11.6 Å². The normalized spacial score (nSPS) is 15.3. The molecule has 1 heterocycles. The molecule has 0 saturated heterocycles. The van der Waals surface area contributed by atoms with Crippen LogP contribution < -0.4 is 5.32 Å². The summed E-state index contributed by atoms with van der Waals surface area (Å²) in [7, 11) is -2.92. The Morgan fingerprint density at radius 2 is 1.77 bits per heavy atom. The van der Waals surface area contributed by atoms with Crippen LogP contribution in [0.15, 0.2) is 83.5 Å². The quantitative estimate of drug-likeness (QED) is 0.225. The first-order chi connectivity index (χ1) is 16.9. The molecule has 0 fully saturated rings. The van der Waals surface area contributed by atoms with E-state index in [1.807, 2.05) is 30.5 Å². The standard InChI is InChI=1S/C27H26BrN3O3S/c1-35(32,33)34-15-14-18-6-12-22(13-7-18)30-27-29-17-20-16-25(19-8-10-21(28)11-9-19)23-4-2-3-5-24(23)26(20)31-27/h2-13,17,25,32-33H,14-16H2,1H3,(H,29,30,31). The third kappa shape index (κ3) is 5.74. The number of anilines is 2. The third-order valence-electron chi connectivity index (χ3n) is 6.06. The Kier molecular flexibility index (Phi) is 6.91. The van der Waals surface area contributed by atoms with Crippen molar-refractivity contribution in [2.24, 2.45) is 0 Å². The lowest BCUT2D eigenvalue weighted by atomic mass is 9.78. The summed E-state index contributed by atoms with van der Waals surface area (Å²) < 4.78 is 24.8. The zero-order chi connectivity index (χ0) is 24.4. The van der Waals surface area contributed by atoms with E-state index in [2.05, 4.69) is 74.8 Å². The molecule has 0 amide bonds. The van der Waals surface area contributed by atoms with Gasteiger partial charge in [-0.05, 0) is 59.4 Å². The summed E-state index contributed by atoms with van der Waals surface area (Å²) in [5, 5.41) is 3.31. The minimum absolute atomic E-state index is 0.250. The van der Waals surface area contributed by atoms with Crippen molar-refractivity contribution in [3.63, 3.8) is 0 Å². The molecule has 8 heteroatoms. The maximum absolute atomic E-state index is 9.32. The second-order valence-electron chi connectivity index (χ2n) is 8.62. The van der Waals surface area contributed by atoms with Gasteiger partial charge in [0.25, 0.3) is 0 Å². The SMILES string of the molecule is CS(O)(O)OCCc1ccc(Nc2ncc3c(n2)-c2ccccc2C(c2ccc(Br)cc2)C3)cc1. The molecule has 4 aromatic rings. The van der Waals surface area contributed by atoms with Gasteiger partial charge in [-0.25, -0.2) is 9.97 Å². The minimum Gasteiger partial charge on any atom is -0.324 e. The average molecular weight is 552 g/mol. The lowest BCUT2D eigenvalue weighted by molar-refractivity contribution is 0.271. The van der Waals surface area contributed by atoms with Crippen molar-refractivity contribution in [2.75, 3.05) is 18.2 Å². The molecule has 3 aromatic carbocycles. The van der Waals surface area contributed by atoms with Crippen LogP contribution in [0.25, 0.3) is 11.3 Å². The number of rotatable bonds is 7. The molecule has 180 valence electrons. The molecule has 6 nitrogen and oxygen atoms in total. The van der Waals surface area contributed by atoms with Gasteiger partial charge in [0.05, 0.1) is 23.2 Å². The molecule has 1 aromatic heterocycles. The van der Waals surface area contributed by atoms with Crippen molar-refractivity contribution >= 4 is 38.4 Å². The van der Waals surface area contributed by atoms with E-state index in [1.165, 1.54) is 17.4 Å². The minimum atomic E-state index is -2.92. The maximum atomic E-state index is 9.32. The predicted octanol–water partition coefficient (Wildman–Crippen LogP) is 7.19. The van der Waals surface area contributed by atoms with E-state index in [-0.39, 0.29) is 12.5 Å². The van der Waals surface area contributed by atoms with Crippen molar-refractivity contribution < 1.29 is 13.3 Å². The van der Waals surface area contributed by atoms with Crippen molar-refractivity contribution in [1.29, 1.82) is 0 Å². The fourth-order valence-electron chi connectivity index (χ4n) is 4.39. The van der Waals surface area contributed by atoms with E-state index >= 15 is 0 Å². The first-order valence-electron chi connectivity index (χ1n) is 11.3. The van der Waals surface area contributed by atoms with E-state index < -0.39 is 10.9 Å². The third-order valence-corrected chi connectivity index (χ3v) is 7.20. The lowest BCUT2D eigenvalue weighted by Crippen LogP contribution is -2.15. The summed E-state index contributed by atoms with van der Waals surface area (Å²) in [6.07, 6.45) is 4.66. The van der Waals surface area contributed by atoms with Gasteiger partial charge < -0.3 is 14.4 Å². The van der Waals surface area contributed by atoms with Crippen LogP contribution in [0.2, 0.25) is 0 Å². The lowest BCUT2D eigenvalue weighted by Gasteiger charge is -2.27. The molecular weight excluding hydrogens is 526 g/mol. The number of nitrogens with zero attached hydrogens (tertiary/aromatic N) is 2. The molecule has 5 rings (SSSR count). The topological polar surface area (TPSA) is 87.5 Å². The van der Waals surface area contributed by atoms with Gasteiger partial charge in [-0.15, -0.1) is 0 Å². The molecule has 0 spiro atoms. The summed E-state index contributed by atoms with van der Waals surface area (Å²) >= 11 is 3.53. The van der Waals surface area contributed by atoms with Crippen molar-refractivity contribution in [3.05, 3.63) is 106 Å². The predicted molar refractivity (Wildman–Crippen MR) is 145 cm³/mol. The smallest absolute Gasteiger partial charge is 0.227 e. The first-order valence-corrected chi connectivity index (χ1v) is 14.0. The van der Waals surface area contributed by atoms with E-state index in [4.69, 9.17) is 9.17 Å². The fourth-order valence-corrected chi connectivity index (χ4v) is 5.05. The van der Waals surface area contributed by atoms with Crippen LogP contribution in [0.3, 0.4) is 0 Å². The van der Waals surface area contributed by atoms with E-state index in [0.29, 0.717) is 12.4 Å². The molecule has 0 radical (unpaired) electrons. The van der Waals surface area contributed by atoms with E-state index in [0.717, 1.165) is 39.0 Å². The monoisotopic (exact) mass is 551 g/mol. The van der Waals surface area contributed by atoms with Gasteiger partial charge in [-0.1, -0.05) is 64.5 Å². The number of benzene rings is 3. The van der Waals surface area contributed by atoms with Gasteiger partial charge in [0.2, 0.25) is 5.95 Å². The van der Waals surface area contributed by atoms with Gasteiger partial charge in [0.1, 0.15) is 0 Å². The van der Waals surface area contributed by atoms with Gasteiger partial charge in [-0.3, -0.25) is 4.18 Å². The number of fused-ring (bicyclic) bond motifs is 3. The number of halogens is 1. The molecule has 1 unspecified atom stereocenters. The molecule has 1 aliphatic carbocycles.